The van der Waals surface area contributed by atoms with E-state index in [1.165, 1.54) is 45.1 Å². The van der Waals surface area contributed by atoms with E-state index in [2.05, 4.69) is 18.7 Å². The summed E-state index contributed by atoms with van der Waals surface area (Å²) in [7, 11) is 0. The van der Waals surface area contributed by atoms with Crippen molar-refractivity contribution in [2.24, 2.45) is 11.7 Å². The summed E-state index contributed by atoms with van der Waals surface area (Å²) in [4.78, 5) is 2.77. The van der Waals surface area contributed by atoms with Crippen LogP contribution in [0.5, 0.6) is 0 Å². The second-order valence-corrected chi connectivity index (χ2v) is 5.90. The van der Waals surface area contributed by atoms with Gasteiger partial charge in [0.25, 0.3) is 0 Å². The summed E-state index contributed by atoms with van der Waals surface area (Å²) < 4.78 is 0. The molecule has 2 rings (SSSR count). The van der Waals surface area contributed by atoms with Gasteiger partial charge in [0, 0.05) is 24.7 Å². The highest BCUT2D eigenvalue weighted by atomic mass is 15.2. The largest absolute Gasteiger partial charge is 0.328 e. The maximum absolute atomic E-state index is 6.09. The lowest BCUT2D eigenvalue weighted by Crippen LogP contribution is -2.45. The molecule has 15 heavy (non-hydrogen) atoms. The second kappa shape index (κ2) is 4.84. The highest BCUT2D eigenvalue weighted by Crippen LogP contribution is 2.33. The van der Waals surface area contributed by atoms with Crippen molar-refractivity contribution in [1.29, 1.82) is 0 Å². The molecule has 0 heterocycles. The minimum absolute atomic E-state index is 0.470. The molecule has 0 aromatic rings. The summed E-state index contributed by atoms with van der Waals surface area (Å²) in [6.07, 6.45) is 8.07. The summed E-state index contributed by atoms with van der Waals surface area (Å²) in [5.74, 6) is 0.795. The zero-order valence-electron chi connectivity index (χ0n) is 10.3. The minimum Gasteiger partial charge on any atom is -0.328 e. The van der Waals surface area contributed by atoms with Gasteiger partial charge in [-0.25, -0.2) is 0 Å². The lowest BCUT2D eigenvalue weighted by atomic mass is 9.90. The van der Waals surface area contributed by atoms with Gasteiger partial charge in [-0.05, 0) is 38.0 Å². The topological polar surface area (TPSA) is 29.3 Å². The van der Waals surface area contributed by atoms with Gasteiger partial charge in [0.2, 0.25) is 0 Å². The van der Waals surface area contributed by atoms with Crippen LogP contribution in [0.3, 0.4) is 0 Å². The standard InChI is InChI=1S/C13H26N2/c1-10(2)9-15(12-6-7-12)13-5-3-4-11(14)8-13/h10-13H,3-9,14H2,1-2H3. The van der Waals surface area contributed by atoms with E-state index >= 15 is 0 Å². The van der Waals surface area contributed by atoms with Crippen LogP contribution in [-0.4, -0.2) is 29.6 Å². The van der Waals surface area contributed by atoms with Crippen LogP contribution in [0.2, 0.25) is 0 Å². The first-order valence-corrected chi connectivity index (χ1v) is 6.68. The lowest BCUT2D eigenvalue weighted by molar-refractivity contribution is 0.124. The van der Waals surface area contributed by atoms with E-state index in [1.54, 1.807) is 0 Å². The lowest BCUT2D eigenvalue weighted by Gasteiger charge is -2.37. The van der Waals surface area contributed by atoms with Gasteiger partial charge in [-0.1, -0.05) is 20.3 Å². The average molecular weight is 210 g/mol. The van der Waals surface area contributed by atoms with Gasteiger partial charge in [-0.2, -0.15) is 0 Å². The Balaban J connectivity index is 1.90. The molecule has 0 aliphatic heterocycles. The Morgan fingerprint density at radius 2 is 1.87 bits per heavy atom. The van der Waals surface area contributed by atoms with Crippen molar-refractivity contribution < 1.29 is 0 Å². The number of nitrogens with two attached hydrogens (primary N) is 1. The van der Waals surface area contributed by atoms with E-state index in [9.17, 15) is 0 Å². The van der Waals surface area contributed by atoms with Gasteiger partial charge >= 0.3 is 0 Å². The molecule has 2 heteroatoms. The summed E-state index contributed by atoms with van der Waals surface area (Å²) >= 11 is 0. The van der Waals surface area contributed by atoms with Crippen LogP contribution in [-0.2, 0) is 0 Å². The smallest absolute Gasteiger partial charge is 0.0113 e. The third kappa shape index (κ3) is 3.18. The van der Waals surface area contributed by atoms with E-state index in [-0.39, 0.29) is 0 Å². The minimum atomic E-state index is 0.470. The number of hydrogen-bond acceptors (Lipinski definition) is 2. The molecule has 0 aromatic heterocycles. The molecule has 0 aromatic carbocycles. The molecule has 0 spiro atoms. The van der Waals surface area contributed by atoms with Crippen LogP contribution in [0.25, 0.3) is 0 Å². The normalized spacial score (nSPS) is 32.6. The Morgan fingerprint density at radius 3 is 2.40 bits per heavy atom. The predicted octanol–water partition coefficient (Wildman–Crippen LogP) is 2.38. The van der Waals surface area contributed by atoms with E-state index in [0.717, 1.165) is 18.0 Å². The van der Waals surface area contributed by atoms with Gasteiger partial charge in [0.1, 0.15) is 0 Å². The predicted molar refractivity (Wildman–Crippen MR) is 64.8 cm³/mol. The fourth-order valence-corrected chi connectivity index (χ4v) is 2.93. The van der Waals surface area contributed by atoms with Gasteiger partial charge < -0.3 is 5.73 Å². The third-order valence-electron chi connectivity index (χ3n) is 3.75. The highest BCUT2D eigenvalue weighted by molar-refractivity contribution is 4.92. The first-order chi connectivity index (χ1) is 7.16. The molecule has 2 fully saturated rings. The van der Waals surface area contributed by atoms with Crippen LogP contribution in [0.4, 0.5) is 0 Å². The van der Waals surface area contributed by atoms with Crippen LogP contribution in [0, 0.1) is 5.92 Å². The van der Waals surface area contributed by atoms with Gasteiger partial charge in [-0.15, -0.1) is 0 Å². The molecule has 2 aliphatic rings. The molecule has 2 aliphatic carbocycles. The van der Waals surface area contributed by atoms with Crippen molar-refractivity contribution in [3.8, 4) is 0 Å². The number of rotatable bonds is 4. The first-order valence-electron chi connectivity index (χ1n) is 6.68. The van der Waals surface area contributed by atoms with Crippen molar-refractivity contribution in [2.45, 2.75) is 70.5 Å². The molecule has 0 amide bonds. The Kier molecular flexibility index (Phi) is 3.68. The average Bonchev–Trinajstić information content (AvgIpc) is 2.97. The summed E-state index contributed by atoms with van der Waals surface area (Å²) in [6, 6.07) is 2.17. The van der Waals surface area contributed by atoms with Gasteiger partial charge in [-0.3, -0.25) is 4.90 Å². The zero-order chi connectivity index (χ0) is 10.8. The first kappa shape index (κ1) is 11.4. The van der Waals surface area contributed by atoms with Crippen molar-refractivity contribution >= 4 is 0 Å². The number of hydrogen-bond donors (Lipinski definition) is 1. The quantitative estimate of drug-likeness (QED) is 0.772. The molecular formula is C13H26N2. The summed E-state index contributed by atoms with van der Waals surface area (Å²) in [5.41, 5.74) is 6.09. The Bertz CT molecular complexity index is 199. The molecule has 0 bridgehead atoms. The monoisotopic (exact) mass is 210 g/mol. The van der Waals surface area contributed by atoms with E-state index in [1.807, 2.05) is 0 Å². The molecule has 2 nitrogen and oxygen atoms in total. The summed E-state index contributed by atoms with van der Waals surface area (Å²) in [6.45, 7) is 5.94. The second-order valence-electron chi connectivity index (χ2n) is 5.90. The molecule has 2 saturated carbocycles. The third-order valence-corrected chi connectivity index (χ3v) is 3.75. The van der Waals surface area contributed by atoms with Crippen LogP contribution >= 0.6 is 0 Å². The molecule has 0 saturated heterocycles. The molecule has 88 valence electrons. The Labute approximate surface area is 94.2 Å². The zero-order valence-corrected chi connectivity index (χ0v) is 10.3. The van der Waals surface area contributed by atoms with Gasteiger partial charge in [0.05, 0.1) is 0 Å². The molecular weight excluding hydrogens is 184 g/mol. The molecule has 0 radical (unpaired) electrons. The summed E-state index contributed by atoms with van der Waals surface area (Å²) in [5, 5.41) is 0. The van der Waals surface area contributed by atoms with Crippen molar-refractivity contribution in [3.63, 3.8) is 0 Å². The van der Waals surface area contributed by atoms with Gasteiger partial charge in [0.15, 0.2) is 0 Å². The van der Waals surface area contributed by atoms with E-state index < -0.39 is 0 Å². The molecule has 2 N–H and O–H groups in total. The molecule has 2 unspecified atom stereocenters. The van der Waals surface area contributed by atoms with Crippen molar-refractivity contribution in [1.82, 2.24) is 4.90 Å². The molecule has 2 atom stereocenters. The Hall–Kier alpha value is -0.0800. The maximum atomic E-state index is 6.09. The highest BCUT2D eigenvalue weighted by Gasteiger charge is 2.35. The van der Waals surface area contributed by atoms with E-state index in [4.69, 9.17) is 5.73 Å². The fourth-order valence-electron chi connectivity index (χ4n) is 2.93. The van der Waals surface area contributed by atoms with Crippen LogP contribution in [0.1, 0.15) is 52.4 Å². The number of nitrogens with zero attached hydrogens (tertiary/aromatic N) is 1. The van der Waals surface area contributed by atoms with E-state index in [0.29, 0.717) is 6.04 Å². The van der Waals surface area contributed by atoms with Crippen molar-refractivity contribution in [2.75, 3.05) is 6.54 Å². The Morgan fingerprint density at radius 1 is 1.13 bits per heavy atom. The SMILES string of the molecule is CC(C)CN(C1CC1)C1CCCC(N)C1. The fraction of sp³-hybridized carbons (Fsp3) is 1.00. The van der Waals surface area contributed by atoms with Crippen molar-refractivity contribution in [3.05, 3.63) is 0 Å². The van der Waals surface area contributed by atoms with Crippen LogP contribution in [0.15, 0.2) is 0 Å². The maximum Gasteiger partial charge on any atom is 0.0113 e. The van der Waals surface area contributed by atoms with Crippen LogP contribution < -0.4 is 5.73 Å².